The van der Waals surface area contributed by atoms with Gasteiger partial charge in [-0.25, -0.2) is 17.6 Å². The van der Waals surface area contributed by atoms with Crippen molar-refractivity contribution in [1.29, 1.82) is 0 Å². The summed E-state index contributed by atoms with van der Waals surface area (Å²) in [5.74, 6) is -3.97. The Morgan fingerprint density at radius 2 is 1.00 bits per heavy atom. The molecule has 0 saturated carbocycles. The normalized spacial score (nSPS) is 16.3. The Morgan fingerprint density at radius 1 is 0.531 bits per heavy atom. The SMILES string of the molecule is [2H]C([2H])([2H])c1cccc(C)c1-c1sc2c3c(c4c5c2c1-c1cc(C(C)(C)C)cc2c1B5c1c(cc(N(c5c(F)cccc5F)c5c(F)cccc5F)cc1N4c1ccc(C(C)(C)C)cc1)N2c1ccc(C(C)(C)C)cc1)C(C)(C)CCC3(C)C. The Kier molecular flexibility index (Phi) is 10.9. The van der Waals surface area contributed by atoms with Gasteiger partial charge < -0.3 is 9.80 Å². The van der Waals surface area contributed by atoms with E-state index in [9.17, 15) is 0 Å². The van der Waals surface area contributed by atoms with Gasteiger partial charge in [-0.05, 0) is 192 Å². The number of anilines is 9. The van der Waals surface area contributed by atoms with Gasteiger partial charge in [0.05, 0.1) is 5.69 Å². The Balaban J connectivity index is 1.31. The van der Waals surface area contributed by atoms with Gasteiger partial charge in [-0.1, -0.05) is 151 Å². The highest BCUT2D eigenvalue weighted by Gasteiger charge is 2.54. The molecule has 0 N–H and O–H groups in total. The second-order valence-electron chi connectivity index (χ2n) is 27.6. The molecule has 81 heavy (non-hydrogen) atoms. The molecule has 0 amide bonds. The number of para-hydroxylation sites is 2. The molecule has 8 aromatic carbocycles. The van der Waals surface area contributed by atoms with E-state index in [4.69, 9.17) is 4.11 Å². The molecule has 410 valence electrons. The minimum Gasteiger partial charge on any atom is -0.311 e. The maximum atomic E-state index is 17.0. The van der Waals surface area contributed by atoms with Gasteiger partial charge in [0, 0.05) is 53.4 Å². The van der Waals surface area contributed by atoms with E-state index in [1.54, 1.807) is 17.4 Å². The molecule has 1 aromatic heterocycles. The van der Waals surface area contributed by atoms with Gasteiger partial charge in [-0.15, -0.1) is 11.3 Å². The van der Waals surface area contributed by atoms with Crippen molar-refractivity contribution in [1.82, 2.24) is 0 Å². The maximum absolute atomic E-state index is 17.0. The zero-order valence-electron chi connectivity index (χ0n) is 51.9. The summed E-state index contributed by atoms with van der Waals surface area (Å²) in [5.41, 5.74) is 14.8. The molecular formula is C72H70BF4N3S. The minimum atomic E-state index is -2.43. The Bertz CT molecular complexity index is 4180. The van der Waals surface area contributed by atoms with Gasteiger partial charge in [0.1, 0.15) is 34.6 Å². The van der Waals surface area contributed by atoms with Crippen LogP contribution in [-0.2, 0) is 27.1 Å². The summed E-state index contributed by atoms with van der Waals surface area (Å²) < 4.78 is 96.5. The lowest BCUT2D eigenvalue weighted by molar-refractivity contribution is 0.335. The first kappa shape index (κ1) is 49.7. The lowest BCUT2D eigenvalue weighted by Crippen LogP contribution is -2.64. The van der Waals surface area contributed by atoms with Crippen molar-refractivity contribution in [3.8, 4) is 21.6 Å². The van der Waals surface area contributed by atoms with E-state index in [-0.39, 0.29) is 21.9 Å². The summed E-state index contributed by atoms with van der Waals surface area (Å²) >= 11 is 1.72. The number of aryl methyl sites for hydroxylation is 2. The standard InChI is InChI=1S/C72H70BF4N3S/c1-39-19-16-20-40(2)55(39)66-56-47-35-43(70(9,10)11)36-52-60(47)73-61-53(78(52)44-29-25-41(26-30-44)68(3,4)5)37-46(80(63-48(74)21-17-22-49(63)75)64-50(76)23-18-24-51(64)77)38-54(61)79(45-31-27-42(28-32-45)69(6,7)8)65-58-59(67(81-66)57(56)62(65)73)72(14,15)34-33-71(58,12)13/h16-32,35-38H,33-34H2,1-15H3/i1D3. The lowest BCUT2D eigenvalue weighted by Gasteiger charge is -2.51. The van der Waals surface area contributed by atoms with E-state index >= 15 is 17.6 Å². The van der Waals surface area contributed by atoms with Crippen molar-refractivity contribution in [2.45, 2.75) is 144 Å². The van der Waals surface area contributed by atoms with Gasteiger partial charge in [0.15, 0.2) is 0 Å². The number of hydrogen-bond donors (Lipinski definition) is 0. The Morgan fingerprint density at radius 3 is 1.52 bits per heavy atom. The summed E-state index contributed by atoms with van der Waals surface area (Å²) in [4.78, 5) is 6.61. The van der Waals surface area contributed by atoms with Gasteiger partial charge in [-0.2, -0.15) is 0 Å². The highest BCUT2D eigenvalue weighted by Crippen LogP contribution is 2.62. The second kappa shape index (κ2) is 17.7. The van der Waals surface area contributed by atoms with Crippen molar-refractivity contribution in [2.24, 2.45) is 0 Å². The van der Waals surface area contributed by atoms with Crippen LogP contribution >= 0.6 is 11.3 Å². The summed E-state index contributed by atoms with van der Waals surface area (Å²) in [5, 5.41) is 1.09. The molecule has 0 fully saturated rings. The van der Waals surface area contributed by atoms with Crippen molar-refractivity contribution in [3.05, 3.63) is 190 Å². The summed E-state index contributed by atoms with van der Waals surface area (Å²) in [6.45, 7) is 28.2. The molecule has 0 spiro atoms. The van der Waals surface area contributed by atoms with Crippen LogP contribution in [0.3, 0.4) is 0 Å². The molecule has 0 unspecified atom stereocenters. The molecule has 0 atom stereocenters. The molecule has 3 aliphatic heterocycles. The molecule has 9 aromatic rings. The zero-order valence-corrected chi connectivity index (χ0v) is 49.7. The maximum Gasteiger partial charge on any atom is 0.253 e. The number of rotatable bonds is 6. The fraction of sp³-hybridized carbons (Fsp3) is 0.306. The third-order valence-electron chi connectivity index (χ3n) is 18.2. The predicted molar refractivity (Wildman–Crippen MR) is 336 cm³/mol. The summed E-state index contributed by atoms with van der Waals surface area (Å²) in [7, 11) is 0. The van der Waals surface area contributed by atoms with Crippen LogP contribution in [0.1, 0.15) is 146 Å². The number of fused-ring (bicyclic) bond motifs is 4. The van der Waals surface area contributed by atoms with Crippen LogP contribution in [0.15, 0.2) is 127 Å². The van der Waals surface area contributed by atoms with Crippen molar-refractivity contribution in [2.75, 3.05) is 14.7 Å². The van der Waals surface area contributed by atoms with Crippen LogP contribution in [0.4, 0.5) is 68.7 Å². The fourth-order valence-corrected chi connectivity index (χ4v) is 15.5. The topological polar surface area (TPSA) is 9.72 Å². The van der Waals surface area contributed by atoms with E-state index in [1.807, 2.05) is 31.2 Å². The first-order valence-electron chi connectivity index (χ1n) is 29.9. The molecule has 1 aliphatic carbocycles. The third kappa shape index (κ3) is 7.86. The number of benzene rings is 8. The van der Waals surface area contributed by atoms with Crippen molar-refractivity contribution >= 4 is 95.7 Å². The van der Waals surface area contributed by atoms with E-state index in [0.717, 1.165) is 135 Å². The summed E-state index contributed by atoms with van der Waals surface area (Å²) in [6.07, 6.45) is 1.75. The summed E-state index contributed by atoms with van der Waals surface area (Å²) in [6, 6.07) is 38.3. The molecule has 0 saturated heterocycles. The van der Waals surface area contributed by atoms with Crippen LogP contribution in [-0.4, -0.2) is 6.71 Å². The van der Waals surface area contributed by atoms with E-state index in [0.29, 0.717) is 16.9 Å². The number of hydrogen-bond acceptors (Lipinski definition) is 4. The highest BCUT2D eigenvalue weighted by atomic mass is 32.1. The first-order chi connectivity index (χ1) is 39.3. The van der Waals surface area contributed by atoms with Gasteiger partial charge in [-0.3, -0.25) is 4.90 Å². The smallest absolute Gasteiger partial charge is 0.253 e. The number of thiophene rings is 1. The Hall–Kier alpha value is -7.10. The molecular weight excluding hydrogens is 1030 g/mol. The van der Waals surface area contributed by atoms with Gasteiger partial charge in [0.2, 0.25) is 0 Å². The largest absolute Gasteiger partial charge is 0.311 e. The number of nitrogens with zero attached hydrogens (tertiary/aromatic N) is 3. The van der Waals surface area contributed by atoms with E-state index < -0.39 is 59.0 Å². The van der Waals surface area contributed by atoms with Crippen LogP contribution in [0.2, 0.25) is 0 Å². The second-order valence-corrected chi connectivity index (χ2v) is 28.6. The van der Waals surface area contributed by atoms with E-state index in [2.05, 4.69) is 160 Å². The van der Waals surface area contributed by atoms with Gasteiger partial charge >= 0.3 is 0 Å². The lowest BCUT2D eigenvalue weighted by atomic mass is 9.30. The average Bonchev–Trinajstić information content (AvgIpc) is 1.20. The van der Waals surface area contributed by atoms with E-state index in [1.165, 1.54) is 23.3 Å². The molecule has 4 heterocycles. The molecule has 0 radical (unpaired) electrons. The minimum absolute atomic E-state index is 0.143. The van der Waals surface area contributed by atoms with Crippen LogP contribution < -0.4 is 31.1 Å². The van der Waals surface area contributed by atoms with Crippen molar-refractivity contribution in [3.63, 3.8) is 0 Å². The molecule has 0 bridgehead atoms. The van der Waals surface area contributed by atoms with Gasteiger partial charge in [0.25, 0.3) is 6.71 Å². The number of halogens is 4. The zero-order chi connectivity index (χ0) is 60.0. The molecule has 4 aliphatic rings. The van der Waals surface area contributed by atoms with Crippen LogP contribution in [0, 0.1) is 37.0 Å². The monoisotopic (exact) mass is 1100 g/mol. The van der Waals surface area contributed by atoms with Crippen LogP contribution in [0.25, 0.3) is 31.7 Å². The molecule has 13 rings (SSSR count). The first-order valence-corrected chi connectivity index (χ1v) is 29.3. The highest BCUT2D eigenvalue weighted by molar-refractivity contribution is 7.24. The predicted octanol–water partition coefficient (Wildman–Crippen LogP) is 19.5. The third-order valence-corrected chi connectivity index (χ3v) is 19.4. The molecule has 9 heteroatoms. The quantitative estimate of drug-likeness (QED) is 0.121. The Labute approximate surface area is 484 Å². The average molecular weight is 1100 g/mol. The van der Waals surface area contributed by atoms with Crippen LogP contribution in [0.5, 0.6) is 0 Å². The van der Waals surface area contributed by atoms with Crippen molar-refractivity contribution < 1.29 is 21.7 Å². The fourth-order valence-electron chi connectivity index (χ4n) is 13.8. The molecule has 3 nitrogen and oxygen atoms in total.